The van der Waals surface area contributed by atoms with Crippen molar-refractivity contribution >= 4 is 40.0 Å². The highest BCUT2D eigenvalue weighted by Crippen LogP contribution is 2.18. The molecule has 30 heavy (non-hydrogen) atoms. The van der Waals surface area contributed by atoms with E-state index in [1.807, 2.05) is 41.5 Å². The first-order chi connectivity index (χ1) is 13.5. The summed E-state index contributed by atoms with van der Waals surface area (Å²) in [6.45, 7) is 12.4. The van der Waals surface area contributed by atoms with Crippen LogP contribution in [0.15, 0.2) is 38.6 Å². The van der Waals surface area contributed by atoms with Gasteiger partial charge in [0.2, 0.25) is 15.9 Å². The van der Waals surface area contributed by atoms with Gasteiger partial charge >= 0.3 is 0 Å². The Labute approximate surface area is 196 Å². The highest BCUT2D eigenvalue weighted by molar-refractivity contribution is 14.0. The van der Waals surface area contributed by atoms with Crippen molar-refractivity contribution < 1.29 is 12.8 Å². The largest absolute Gasteiger partial charge is 0.444 e. The van der Waals surface area contributed by atoms with Crippen LogP contribution >= 0.6 is 24.0 Å². The van der Waals surface area contributed by atoms with Crippen molar-refractivity contribution in [2.24, 2.45) is 4.99 Å². The first-order valence-corrected chi connectivity index (χ1v) is 11.1. The molecule has 0 aliphatic rings. The fourth-order valence-corrected chi connectivity index (χ4v) is 4.29. The maximum atomic E-state index is 12.8. The van der Waals surface area contributed by atoms with Crippen LogP contribution in [0.5, 0.6) is 0 Å². The molecule has 0 saturated carbocycles. The van der Waals surface area contributed by atoms with Crippen LogP contribution in [0.2, 0.25) is 0 Å². The van der Waals surface area contributed by atoms with Gasteiger partial charge in [-0.25, -0.2) is 23.1 Å². The lowest BCUT2D eigenvalue weighted by atomic mass is 10.1. The van der Waals surface area contributed by atoms with E-state index in [2.05, 4.69) is 25.3 Å². The summed E-state index contributed by atoms with van der Waals surface area (Å²) in [4.78, 5) is 9.10. The van der Waals surface area contributed by atoms with E-state index in [0.717, 1.165) is 11.5 Å². The molecule has 1 aromatic carbocycles. The molecular weight excluding hydrogens is 517 g/mol. The molecule has 0 saturated heterocycles. The normalized spacial score (nSPS) is 12.4. The monoisotopic (exact) mass is 549 g/mol. The van der Waals surface area contributed by atoms with Gasteiger partial charge in [-0.2, -0.15) is 0 Å². The van der Waals surface area contributed by atoms with E-state index in [-0.39, 0.29) is 35.4 Å². The van der Waals surface area contributed by atoms with Crippen molar-refractivity contribution in [3.8, 4) is 0 Å². The van der Waals surface area contributed by atoms with Crippen molar-refractivity contribution in [3.63, 3.8) is 0 Å². The number of aromatic nitrogens is 1. The van der Waals surface area contributed by atoms with Crippen molar-refractivity contribution in [3.05, 3.63) is 47.2 Å². The fraction of sp³-hybridized carbons (Fsp3) is 0.500. The molecule has 2 aromatic rings. The van der Waals surface area contributed by atoms with Gasteiger partial charge in [-0.05, 0) is 53.2 Å². The van der Waals surface area contributed by atoms with Gasteiger partial charge in [0, 0.05) is 12.1 Å². The summed E-state index contributed by atoms with van der Waals surface area (Å²) in [5, 5.41) is 6.31. The summed E-state index contributed by atoms with van der Waals surface area (Å²) in [5.74, 6) is 1.91. The molecule has 0 bridgehead atoms. The lowest BCUT2D eigenvalue weighted by molar-refractivity contribution is 0.463. The summed E-state index contributed by atoms with van der Waals surface area (Å²) < 4.78 is 33.8. The molecular formula is C20H32IN5O3S. The van der Waals surface area contributed by atoms with Gasteiger partial charge in [0.25, 0.3) is 0 Å². The Balaban J connectivity index is 0.00000450. The zero-order valence-electron chi connectivity index (χ0n) is 18.4. The Bertz CT molecular complexity index is 946. The lowest BCUT2D eigenvalue weighted by Crippen LogP contribution is -2.40. The summed E-state index contributed by atoms with van der Waals surface area (Å²) >= 11 is 0. The minimum Gasteiger partial charge on any atom is -0.444 e. The van der Waals surface area contributed by atoms with Gasteiger partial charge in [0.1, 0.15) is 5.76 Å². The number of rotatable bonds is 7. The van der Waals surface area contributed by atoms with Gasteiger partial charge in [0.15, 0.2) is 5.96 Å². The Morgan fingerprint density at radius 1 is 1.17 bits per heavy atom. The van der Waals surface area contributed by atoms with Crippen molar-refractivity contribution in [2.75, 3.05) is 6.54 Å². The van der Waals surface area contributed by atoms with Crippen LogP contribution in [0.3, 0.4) is 0 Å². The highest BCUT2D eigenvalue weighted by Gasteiger charge is 2.24. The third-order valence-electron chi connectivity index (χ3n) is 3.93. The quantitative estimate of drug-likeness (QED) is 0.278. The van der Waals surface area contributed by atoms with E-state index >= 15 is 0 Å². The number of hydrogen-bond acceptors (Lipinski definition) is 5. The van der Waals surface area contributed by atoms with Crippen LogP contribution in [-0.2, 0) is 23.1 Å². The molecule has 0 radical (unpaired) electrons. The Hall–Kier alpha value is -1.66. The van der Waals surface area contributed by atoms with Crippen LogP contribution in [0.4, 0.5) is 0 Å². The highest BCUT2D eigenvalue weighted by atomic mass is 127. The van der Waals surface area contributed by atoms with Crippen LogP contribution < -0.4 is 15.4 Å². The number of nitrogens with zero attached hydrogens (tertiary/aromatic N) is 2. The number of aliphatic imine (C=N–C) groups is 1. The van der Waals surface area contributed by atoms with Crippen molar-refractivity contribution in [1.82, 2.24) is 20.3 Å². The maximum absolute atomic E-state index is 12.8. The van der Waals surface area contributed by atoms with E-state index in [1.165, 1.54) is 0 Å². The van der Waals surface area contributed by atoms with Gasteiger partial charge in [-0.3, -0.25) is 0 Å². The predicted molar refractivity (Wildman–Crippen MR) is 130 cm³/mol. The maximum Gasteiger partial charge on any atom is 0.241 e. The minimum absolute atomic E-state index is 0. The van der Waals surface area contributed by atoms with E-state index in [1.54, 1.807) is 24.3 Å². The molecule has 3 N–H and O–H groups in total. The number of nitrogens with one attached hydrogen (secondary N) is 3. The topological polar surface area (TPSA) is 109 Å². The molecule has 0 fully saturated rings. The van der Waals surface area contributed by atoms with Crippen LogP contribution in [0.25, 0.3) is 0 Å². The SMILES string of the molecule is CCNC(=NCc1ccccc1S(=O)(=O)NC(C)(C)C)NCc1nc(C)c(C)o1.I. The van der Waals surface area contributed by atoms with E-state index in [9.17, 15) is 8.42 Å². The Morgan fingerprint density at radius 2 is 1.83 bits per heavy atom. The third kappa shape index (κ3) is 7.88. The van der Waals surface area contributed by atoms with E-state index in [0.29, 0.717) is 30.5 Å². The zero-order valence-corrected chi connectivity index (χ0v) is 21.5. The van der Waals surface area contributed by atoms with Gasteiger partial charge in [0.05, 0.1) is 23.7 Å². The molecule has 168 valence electrons. The second-order valence-corrected chi connectivity index (χ2v) is 9.41. The molecule has 2 rings (SSSR count). The second-order valence-electron chi connectivity index (χ2n) is 7.76. The minimum atomic E-state index is -3.65. The lowest BCUT2D eigenvalue weighted by Gasteiger charge is -2.21. The Morgan fingerprint density at radius 3 is 2.40 bits per heavy atom. The number of sulfonamides is 1. The fourth-order valence-electron chi connectivity index (χ4n) is 2.63. The molecule has 8 nitrogen and oxygen atoms in total. The standard InChI is InChI=1S/C20H31N5O3S.HI/c1-7-21-19(23-13-18-24-14(2)15(3)28-18)22-12-16-10-8-9-11-17(16)29(26,27)25-20(4,5)6;/h8-11,25H,7,12-13H2,1-6H3,(H2,21,22,23);1H. The molecule has 0 aliphatic heterocycles. The van der Waals surface area contributed by atoms with Crippen LogP contribution in [0, 0.1) is 13.8 Å². The molecule has 0 atom stereocenters. The predicted octanol–water partition coefficient (Wildman–Crippen LogP) is 3.24. The van der Waals surface area contributed by atoms with Crippen LogP contribution in [-0.4, -0.2) is 31.4 Å². The summed E-state index contributed by atoms with van der Waals surface area (Å²) in [6.07, 6.45) is 0. The average molecular weight is 549 g/mol. The molecule has 1 aromatic heterocycles. The zero-order chi connectivity index (χ0) is 21.7. The van der Waals surface area contributed by atoms with Gasteiger partial charge in [-0.15, -0.1) is 24.0 Å². The van der Waals surface area contributed by atoms with Crippen molar-refractivity contribution in [1.29, 1.82) is 0 Å². The van der Waals surface area contributed by atoms with Gasteiger partial charge in [-0.1, -0.05) is 18.2 Å². The number of oxazole rings is 1. The number of guanidine groups is 1. The molecule has 10 heteroatoms. The van der Waals surface area contributed by atoms with Crippen LogP contribution in [0.1, 0.15) is 50.6 Å². The van der Waals surface area contributed by atoms with Crippen molar-refractivity contribution in [2.45, 2.75) is 65.1 Å². The third-order valence-corrected chi connectivity index (χ3v) is 5.79. The number of hydrogen-bond donors (Lipinski definition) is 3. The molecule has 0 spiro atoms. The van der Waals surface area contributed by atoms with E-state index in [4.69, 9.17) is 4.42 Å². The summed E-state index contributed by atoms with van der Waals surface area (Å²) in [6, 6.07) is 6.88. The summed E-state index contributed by atoms with van der Waals surface area (Å²) in [7, 11) is -3.65. The Kier molecular flexibility index (Phi) is 9.76. The van der Waals surface area contributed by atoms with Gasteiger partial charge < -0.3 is 15.1 Å². The van der Waals surface area contributed by atoms with E-state index < -0.39 is 15.6 Å². The number of halogens is 1. The number of benzene rings is 1. The summed E-state index contributed by atoms with van der Waals surface area (Å²) in [5.41, 5.74) is 0.899. The second kappa shape index (κ2) is 11.1. The smallest absolute Gasteiger partial charge is 0.241 e. The molecule has 0 aliphatic carbocycles. The molecule has 0 unspecified atom stereocenters. The number of aryl methyl sites for hydroxylation is 2. The molecule has 1 heterocycles. The first-order valence-electron chi connectivity index (χ1n) is 9.59. The molecule has 0 amide bonds. The average Bonchev–Trinajstić information content (AvgIpc) is 2.93. The first kappa shape index (κ1) is 26.4.